The minimum Gasteiger partial charge on any atom is -0.379 e. The van der Waals surface area contributed by atoms with E-state index in [9.17, 15) is 4.79 Å². The highest BCUT2D eigenvalue weighted by Gasteiger charge is 2.23. The van der Waals surface area contributed by atoms with Gasteiger partial charge in [-0.05, 0) is 43.9 Å². The van der Waals surface area contributed by atoms with Crippen LogP contribution in [0.3, 0.4) is 0 Å². The van der Waals surface area contributed by atoms with Crippen molar-refractivity contribution < 1.29 is 9.53 Å². The molecule has 3 aliphatic rings. The summed E-state index contributed by atoms with van der Waals surface area (Å²) < 4.78 is 5.44. The first kappa shape index (κ1) is 23.5. The van der Waals surface area contributed by atoms with Gasteiger partial charge in [0.25, 0.3) is 5.91 Å². The maximum absolute atomic E-state index is 13.1. The van der Waals surface area contributed by atoms with Gasteiger partial charge in [-0.2, -0.15) is 0 Å². The lowest BCUT2D eigenvalue weighted by Crippen LogP contribution is -2.47. The number of pyridine rings is 2. The number of fused-ring (bicyclic) bond motifs is 1. The third-order valence-corrected chi connectivity index (χ3v) is 7.51. The van der Waals surface area contributed by atoms with Gasteiger partial charge in [-0.3, -0.25) is 14.7 Å². The van der Waals surface area contributed by atoms with Crippen LogP contribution in [-0.2, 0) is 4.74 Å². The number of carbonyl (C=O) groups excluding carboxylic acids is 1. The first-order valence-corrected chi connectivity index (χ1v) is 13.1. The van der Waals surface area contributed by atoms with E-state index in [-0.39, 0.29) is 11.9 Å². The number of hydrogen-bond acceptors (Lipinski definition) is 7. The van der Waals surface area contributed by atoms with Crippen LogP contribution < -0.4 is 10.2 Å². The van der Waals surface area contributed by atoms with Crippen molar-refractivity contribution in [1.29, 1.82) is 0 Å². The van der Waals surface area contributed by atoms with Crippen molar-refractivity contribution in [3.05, 3.63) is 30.1 Å². The summed E-state index contributed by atoms with van der Waals surface area (Å²) in [6.45, 7) is 10.2. The summed E-state index contributed by atoms with van der Waals surface area (Å²) in [6.07, 6.45) is 8.71. The number of anilines is 1. The Morgan fingerprint density at radius 1 is 0.912 bits per heavy atom. The van der Waals surface area contributed by atoms with Crippen molar-refractivity contribution >= 4 is 22.6 Å². The summed E-state index contributed by atoms with van der Waals surface area (Å²) in [4.78, 5) is 29.8. The number of nitrogens with one attached hydrogen (secondary N) is 1. The van der Waals surface area contributed by atoms with Crippen molar-refractivity contribution in [1.82, 2.24) is 25.1 Å². The van der Waals surface area contributed by atoms with E-state index in [1.807, 2.05) is 12.1 Å². The summed E-state index contributed by atoms with van der Waals surface area (Å²) >= 11 is 0. The molecule has 2 aromatic heterocycles. The number of nitrogens with zero attached hydrogens (tertiary/aromatic N) is 5. The Labute approximate surface area is 202 Å². The Bertz CT molecular complexity index is 947. The van der Waals surface area contributed by atoms with Gasteiger partial charge in [0.2, 0.25) is 0 Å². The zero-order chi connectivity index (χ0) is 23.2. The lowest BCUT2D eigenvalue weighted by Gasteiger charge is -2.34. The van der Waals surface area contributed by atoms with Crippen molar-refractivity contribution in [2.75, 3.05) is 70.5 Å². The van der Waals surface area contributed by atoms with E-state index in [1.54, 1.807) is 6.20 Å². The maximum atomic E-state index is 13.1. The van der Waals surface area contributed by atoms with Gasteiger partial charge in [-0.15, -0.1) is 0 Å². The standard InChI is InChI=1S/C26H38N6O2/c33-26(28-21-8-13-30(14-9-21)15-16-31-17-19-34-20-18-31)25-22-5-6-24(29-23(22)7-10-27-25)32-11-3-1-2-4-12-32/h5-7,10,21H,1-4,8-9,11-20H2,(H,28,33). The molecular weight excluding hydrogens is 428 g/mol. The minimum atomic E-state index is -0.0818. The van der Waals surface area contributed by atoms with E-state index in [1.165, 1.54) is 25.7 Å². The molecule has 1 N–H and O–H groups in total. The van der Waals surface area contributed by atoms with Crippen LogP contribution in [-0.4, -0.2) is 97.3 Å². The number of piperidine rings is 1. The van der Waals surface area contributed by atoms with Gasteiger partial charge in [0.05, 0.1) is 18.7 Å². The second-order valence-electron chi connectivity index (χ2n) is 9.84. The fourth-order valence-electron chi connectivity index (χ4n) is 5.36. The molecule has 1 amide bonds. The van der Waals surface area contributed by atoms with E-state index in [4.69, 9.17) is 9.72 Å². The normalized spacial score (nSPS) is 21.5. The largest absolute Gasteiger partial charge is 0.379 e. The summed E-state index contributed by atoms with van der Waals surface area (Å²) in [7, 11) is 0. The molecule has 3 saturated heterocycles. The van der Waals surface area contributed by atoms with Crippen LogP contribution in [0.15, 0.2) is 24.4 Å². The number of ether oxygens (including phenoxy) is 1. The number of aromatic nitrogens is 2. The Morgan fingerprint density at radius 3 is 2.35 bits per heavy atom. The van der Waals surface area contributed by atoms with Crippen molar-refractivity contribution in [3.8, 4) is 0 Å². The van der Waals surface area contributed by atoms with Crippen molar-refractivity contribution in [2.24, 2.45) is 0 Å². The quantitative estimate of drug-likeness (QED) is 0.701. The fraction of sp³-hybridized carbons (Fsp3) is 0.654. The highest BCUT2D eigenvalue weighted by Crippen LogP contribution is 2.23. The molecule has 0 aliphatic carbocycles. The summed E-state index contributed by atoms with van der Waals surface area (Å²) in [5.41, 5.74) is 1.34. The smallest absolute Gasteiger partial charge is 0.270 e. The van der Waals surface area contributed by atoms with Gasteiger partial charge < -0.3 is 19.9 Å². The van der Waals surface area contributed by atoms with Gasteiger partial charge in [-0.25, -0.2) is 4.98 Å². The van der Waals surface area contributed by atoms with Crippen molar-refractivity contribution in [3.63, 3.8) is 0 Å². The van der Waals surface area contributed by atoms with Crippen LogP contribution in [0.1, 0.15) is 49.0 Å². The SMILES string of the molecule is O=C(NC1CCN(CCN2CCOCC2)CC1)c1nccc2nc(N3CCCCCC3)ccc12. The molecule has 34 heavy (non-hydrogen) atoms. The second kappa shape index (κ2) is 11.4. The third kappa shape index (κ3) is 5.85. The molecule has 0 aromatic carbocycles. The second-order valence-corrected chi connectivity index (χ2v) is 9.84. The molecule has 8 heteroatoms. The van der Waals surface area contributed by atoms with Crippen LogP contribution in [0.4, 0.5) is 5.82 Å². The Morgan fingerprint density at radius 2 is 1.62 bits per heavy atom. The van der Waals surface area contributed by atoms with Gasteiger partial charge >= 0.3 is 0 Å². The van der Waals surface area contributed by atoms with Gasteiger partial charge in [0.1, 0.15) is 11.5 Å². The van der Waals surface area contributed by atoms with Gasteiger partial charge in [0, 0.05) is 70.0 Å². The molecule has 0 atom stereocenters. The number of rotatable bonds is 6. The third-order valence-electron chi connectivity index (χ3n) is 7.51. The van der Waals surface area contributed by atoms with Crippen molar-refractivity contribution in [2.45, 2.75) is 44.6 Å². The molecule has 0 unspecified atom stereocenters. The Balaban J connectivity index is 1.16. The molecule has 3 aliphatic heterocycles. The molecule has 5 rings (SSSR count). The molecule has 8 nitrogen and oxygen atoms in total. The number of likely N-dealkylation sites (tertiary alicyclic amines) is 1. The number of amides is 1. The average Bonchev–Trinajstić information content (AvgIpc) is 3.18. The molecule has 0 spiro atoms. The first-order valence-electron chi connectivity index (χ1n) is 13.1. The van der Waals surface area contributed by atoms with Crippen LogP contribution in [0.2, 0.25) is 0 Å². The van der Waals surface area contributed by atoms with Crippen LogP contribution >= 0.6 is 0 Å². The molecule has 2 aromatic rings. The highest BCUT2D eigenvalue weighted by molar-refractivity contribution is 6.04. The molecule has 0 radical (unpaired) electrons. The summed E-state index contributed by atoms with van der Waals surface area (Å²) in [5, 5.41) is 4.08. The number of carbonyl (C=O) groups is 1. The lowest BCUT2D eigenvalue weighted by molar-refractivity contribution is 0.0319. The zero-order valence-electron chi connectivity index (χ0n) is 20.3. The number of hydrogen-bond donors (Lipinski definition) is 1. The average molecular weight is 467 g/mol. The van der Waals surface area contributed by atoms with E-state index < -0.39 is 0 Å². The zero-order valence-corrected chi connectivity index (χ0v) is 20.3. The molecule has 3 fully saturated rings. The summed E-state index contributed by atoms with van der Waals surface area (Å²) in [5.74, 6) is 0.929. The fourth-order valence-corrected chi connectivity index (χ4v) is 5.36. The molecule has 0 bridgehead atoms. The minimum absolute atomic E-state index is 0.0818. The van der Waals surface area contributed by atoms with Gasteiger partial charge in [0.15, 0.2) is 0 Å². The lowest BCUT2D eigenvalue weighted by atomic mass is 10.0. The predicted molar refractivity (Wildman–Crippen MR) is 134 cm³/mol. The van der Waals surface area contributed by atoms with Crippen LogP contribution in [0.5, 0.6) is 0 Å². The molecule has 0 saturated carbocycles. The number of morpholine rings is 1. The summed E-state index contributed by atoms with van der Waals surface area (Å²) in [6, 6.07) is 6.20. The first-order chi connectivity index (χ1) is 16.8. The molecule has 5 heterocycles. The predicted octanol–water partition coefficient (Wildman–Crippen LogP) is 2.54. The van der Waals surface area contributed by atoms with E-state index in [0.29, 0.717) is 5.69 Å². The Hall–Kier alpha value is -2.29. The molecule has 184 valence electrons. The maximum Gasteiger partial charge on any atom is 0.270 e. The van der Waals surface area contributed by atoms with Gasteiger partial charge in [-0.1, -0.05) is 12.8 Å². The van der Waals surface area contributed by atoms with E-state index in [2.05, 4.69) is 31.1 Å². The van der Waals surface area contributed by atoms with E-state index >= 15 is 0 Å². The van der Waals surface area contributed by atoms with Crippen LogP contribution in [0, 0.1) is 0 Å². The van der Waals surface area contributed by atoms with Crippen LogP contribution in [0.25, 0.3) is 10.9 Å². The molecular formula is C26H38N6O2. The highest BCUT2D eigenvalue weighted by atomic mass is 16.5. The Kier molecular flexibility index (Phi) is 7.88. The monoisotopic (exact) mass is 466 g/mol. The topological polar surface area (TPSA) is 73.8 Å². The van der Waals surface area contributed by atoms with E-state index in [0.717, 1.165) is 95.1 Å².